The molecule has 0 radical (unpaired) electrons. The van der Waals surface area contributed by atoms with E-state index >= 15 is 0 Å². The summed E-state index contributed by atoms with van der Waals surface area (Å²) >= 11 is 0. The lowest BCUT2D eigenvalue weighted by molar-refractivity contribution is -0.876. The van der Waals surface area contributed by atoms with E-state index in [1.807, 2.05) is 21.1 Å². The molecule has 58 valence electrons. The Morgan fingerprint density at radius 1 is 1.22 bits per heavy atom. The van der Waals surface area contributed by atoms with Gasteiger partial charge in [-0.25, -0.2) is 0 Å². The Morgan fingerprint density at radius 2 is 1.56 bits per heavy atom. The fraction of sp³-hybridized carbons (Fsp3) is 1.00. The molecule has 0 aliphatic heterocycles. The summed E-state index contributed by atoms with van der Waals surface area (Å²) in [5.74, 6) is 0. The molecule has 9 heavy (non-hydrogen) atoms. The minimum atomic E-state index is -1.19. The van der Waals surface area contributed by atoms with Crippen LogP contribution in [0.15, 0.2) is 0 Å². The molecule has 0 aliphatic carbocycles. The minimum absolute atomic E-state index is 0. The first kappa shape index (κ1) is 12.1. The molecule has 0 bridgehead atoms. The second kappa shape index (κ2) is 4.22. The SMILES string of the molecule is C[N+](C)(C)CC(O)O.[Br-]. The van der Waals surface area contributed by atoms with Gasteiger partial charge in [0.1, 0.15) is 6.54 Å². The van der Waals surface area contributed by atoms with Gasteiger partial charge in [-0.2, -0.15) is 0 Å². The van der Waals surface area contributed by atoms with Gasteiger partial charge in [0.25, 0.3) is 0 Å². The predicted molar refractivity (Wildman–Crippen MR) is 31.1 cm³/mol. The molecular weight excluding hydrogens is 186 g/mol. The molecule has 0 aromatic carbocycles. The number of likely N-dealkylation sites (N-methyl/N-ethyl adjacent to an activating group) is 1. The first-order chi connectivity index (χ1) is 3.42. The van der Waals surface area contributed by atoms with Crippen LogP contribution >= 0.6 is 0 Å². The van der Waals surface area contributed by atoms with Gasteiger partial charge < -0.3 is 31.7 Å². The number of rotatable bonds is 2. The molecule has 0 aromatic rings. The van der Waals surface area contributed by atoms with E-state index in [1.165, 1.54) is 0 Å². The van der Waals surface area contributed by atoms with E-state index in [2.05, 4.69) is 0 Å². The molecule has 0 aromatic heterocycles. The molecule has 0 spiro atoms. The van der Waals surface area contributed by atoms with Crippen molar-refractivity contribution in [2.75, 3.05) is 27.7 Å². The van der Waals surface area contributed by atoms with Gasteiger partial charge in [0, 0.05) is 0 Å². The number of halogens is 1. The van der Waals surface area contributed by atoms with Gasteiger partial charge in [-0.15, -0.1) is 0 Å². The van der Waals surface area contributed by atoms with Crippen LogP contribution in [0.2, 0.25) is 0 Å². The first-order valence-electron chi connectivity index (χ1n) is 2.58. The van der Waals surface area contributed by atoms with Crippen molar-refractivity contribution in [1.29, 1.82) is 0 Å². The van der Waals surface area contributed by atoms with Gasteiger partial charge in [-0.3, -0.25) is 0 Å². The molecule has 0 heterocycles. The predicted octanol–water partition coefficient (Wildman–Crippen LogP) is -3.99. The normalized spacial score (nSPS) is 11.3. The second-order valence-electron chi connectivity index (χ2n) is 2.95. The smallest absolute Gasteiger partial charge is 0.202 e. The van der Waals surface area contributed by atoms with Gasteiger partial charge >= 0.3 is 0 Å². The molecule has 0 saturated carbocycles. The fourth-order valence-electron chi connectivity index (χ4n) is 0.490. The largest absolute Gasteiger partial charge is 1.00 e. The topological polar surface area (TPSA) is 40.5 Å². The summed E-state index contributed by atoms with van der Waals surface area (Å²) in [5.41, 5.74) is 0. The number of quaternary nitrogens is 1. The average molecular weight is 200 g/mol. The van der Waals surface area contributed by atoms with Crippen LogP contribution < -0.4 is 17.0 Å². The zero-order valence-corrected chi connectivity index (χ0v) is 7.59. The molecular formula is C5H14BrNO2. The van der Waals surface area contributed by atoms with Crippen molar-refractivity contribution in [3.05, 3.63) is 0 Å². The van der Waals surface area contributed by atoms with Gasteiger partial charge in [0.15, 0.2) is 0 Å². The van der Waals surface area contributed by atoms with E-state index < -0.39 is 6.29 Å². The molecule has 2 N–H and O–H groups in total. The molecule has 0 saturated heterocycles. The molecule has 0 fully saturated rings. The van der Waals surface area contributed by atoms with Gasteiger partial charge in [0.05, 0.1) is 21.1 Å². The Kier molecular flexibility index (Phi) is 5.66. The third kappa shape index (κ3) is 11.8. The van der Waals surface area contributed by atoms with Crippen LogP contribution in [0, 0.1) is 0 Å². The zero-order valence-electron chi connectivity index (χ0n) is 6.00. The molecule has 4 heteroatoms. The Labute approximate surface area is 66.3 Å². The summed E-state index contributed by atoms with van der Waals surface area (Å²) in [6.45, 7) is 0.375. The summed E-state index contributed by atoms with van der Waals surface area (Å²) in [4.78, 5) is 0. The molecule has 0 unspecified atom stereocenters. The van der Waals surface area contributed by atoms with E-state index in [-0.39, 0.29) is 17.0 Å². The van der Waals surface area contributed by atoms with Crippen molar-refractivity contribution < 1.29 is 31.7 Å². The highest BCUT2D eigenvalue weighted by molar-refractivity contribution is 4.28. The van der Waals surface area contributed by atoms with Crippen LogP contribution in [-0.2, 0) is 0 Å². The van der Waals surface area contributed by atoms with Crippen molar-refractivity contribution in [3.63, 3.8) is 0 Å². The third-order valence-electron chi connectivity index (χ3n) is 0.711. The van der Waals surface area contributed by atoms with E-state index in [0.29, 0.717) is 11.0 Å². The van der Waals surface area contributed by atoms with E-state index in [1.54, 1.807) is 0 Å². The number of aliphatic hydroxyl groups excluding tert-OH is 1. The summed E-state index contributed by atoms with van der Waals surface area (Å²) in [6.07, 6.45) is -1.19. The number of hydrogen-bond donors (Lipinski definition) is 2. The lowest BCUT2D eigenvalue weighted by Crippen LogP contribution is -3.00. The standard InChI is InChI=1S/C5H14NO2.BrH/c1-6(2,3)4-5(7)8;/h5,7-8H,4H2,1-3H3;1H/q+1;/p-1. The average Bonchev–Trinajstić information content (AvgIpc) is 1.21. The zero-order chi connectivity index (χ0) is 6.78. The molecule has 0 amide bonds. The highest BCUT2D eigenvalue weighted by atomic mass is 79.9. The Hall–Kier alpha value is 0.360. The van der Waals surface area contributed by atoms with Crippen molar-refractivity contribution >= 4 is 0 Å². The van der Waals surface area contributed by atoms with Gasteiger partial charge in [0.2, 0.25) is 6.29 Å². The summed E-state index contributed by atoms with van der Waals surface area (Å²) in [5, 5.41) is 16.9. The van der Waals surface area contributed by atoms with E-state index in [9.17, 15) is 0 Å². The third-order valence-corrected chi connectivity index (χ3v) is 0.711. The maximum absolute atomic E-state index is 8.43. The lowest BCUT2D eigenvalue weighted by atomic mass is 10.5. The summed E-state index contributed by atoms with van der Waals surface area (Å²) in [7, 11) is 5.71. The molecule has 0 aliphatic rings. The number of nitrogens with zero attached hydrogens (tertiary/aromatic N) is 1. The second-order valence-corrected chi connectivity index (χ2v) is 2.95. The van der Waals surface area contributed by atoms with Crippen LogP contribution in [-0.4, -0.2) is 48.7 Å². The molecule has 3 nitrogen and oxygen atoms in total. The van der Waals surface area contributed by atoms with Gasteiger partial charge in [-0.1, -0.05) is 0 Å². The quantitative estimate of drug-likeness (QED) is 0.352. The fourth-order valence-corrected chi connectivity index (χ4v) is 0.490. The van der Waals surface area contributed by atoms with E-state index in [0.717, 1.165) is 0 Å². The molecule has 0 atom stereocenters. The van der Waals surface area contributed by atoms with Crippen molar-refractivity contribution in [2.24, 2.45) is 0 Å². The Balaban J connectivity index is 0. The van der Waals surface area contributed by atoms with Crippen LogP contribution in [0.4, 0.5) is 0 Å². The highest BCUT2D eigenvalue weighted by Crippen LogP contribution is 1.90. The van der Waals surface area contributed by atoms with Crippen LogP contribution in [0.1, 0.15) is 0 Å². The van der Waals surface area contributed by atoms with E-state index in [4.69, 9.17) is 10.2 Å². The van der Waals surface area contributed by atoms with Crippen LogP contribution in [0.5, 0.6) is 0 Å². The summed E-state index contributed by atoms with van der Waals surface area (Å²) < 4.78 is 0.581. The van der Waals surface area contributed by atoms with Crippen LogP contribution in [0.3, 0.4) is 0 Å². The minimum Gasteiger partial charge on any atom is -1.00 e. The Bertz CT molecular complexity index is 69.8. The van der Waals surface area contributed by atoms with Crippen molar-refractivity contribution in [1.82, 2.24) is 0 Å². The van der Waals surface area contributed by atoms with Crippen LogP contribution in [0.25, 0.3) is 0 Å². The van der Waals surface area contributed by atoms with Crippen molar-refractivity contribution in [3.8, 4) is 0 Å². The Morgan fingerprint density at radius 3 is 1.56 bits per heavy atom. The van der Waals surface area contributed by atoms with Gasteiger partial charge in [-0.05, 0) is 0 Å². The highest BCUT2D eigenvalue weighted by Gasteiger charge is 2.10. The summed E-state index contributed by atoms with van der Waals surface area (Å²) in [6, 6.07) is 0. The lowest BCUT2D eigenvalue weighted by Gasteiger charge is -2.24. The monoisotopic (exact) mass is 199 g/mol. The maximum Gasteiger partial charge on any atom is 0.202 e. The maximum atomic E-state index is 8.43. The first-order valence-corrected chi connectivity index (χ1v) is 2.58. The molecule has 0 rings (SSSR count). The number of hydrogen-bond acceptors (Lipinski definition) is 2. The number of aliphatic hydroxyl groups is 2. The van der Waals surface area contributed by atoms with Crippen molar-refractivity contribution in [2.45, 2.75) is 6.29 Å².